The van der Waals surface area contributed by atoms with Gasteiger partial charge in [-0.05, 0) is 36.8 Å². The molecule has 0 spiro atoms. The molecule has 0 amide bonds. The molecule has 0 aliphatic rings. The molecule has 0 bridgehead atoms. The Labute approximate surface area is 88.2 Å². The molecule has 2 nitrogen and oxygen atoms in total. The van der Waals surface area contributed by atoms with E-state index in [-0.39, 0.29) is 11.5 Å². The number of hydrogen-bond acceptors (Lipinski definition) is 2. The molecule has 1 N–H and O–H groups in total. The van der Waals surface area contributed by atoms with Crippen LogP contribution in [0.5, 0.6) is 5.75 Å². The van der Waals surface area contributed by atoms with Crippen molar-refractivity contribution in [1.82, 2.24) is 0 Å². The molecule has 2 heteroatoms. The van der Waals surface area contributed by atoms with Crippen LogP contribution in [0.3, 0.4) is 0 Å². The summed E-state index contributed by atoms with van der Waals surface area (Å²) in [5, 5.41) is 11.6. The van der Waals surface area contributed by atoms with Gasteiger partial charge in [0.25, 0.3) is 0 Å². The average Bonchev–Trinajstić information content (AvgIpc) is 2.15. The number of aromatic hydroxyl groups is 1. The zero-order valence-corrected chi connectivity index (χ0v) is 8.74. The minimum atomic E-state index is -0.116. The van der Waals surface area contributed by atoms with Crippen LogP contribution in [0.4, 0.5) is 0 Å². The summed E-state index contributed by atoms with van der Waals surface area (Å²) in [4.78, 5) is 11.2. The van der Waals surface area contributed by atoms with E-state index in [2.05, 4.69) is 0 Å². The third-order valence-electron chi connectivity index (χ3n) is 2.49. The summed E-state index contributed by atoms with van der Waals surface area (Å²) in [6, 6.07) is 9.30. The third-order valence-corrected chi connectivity index (χ3v) is 2.49. The lowest BCUT2D eigenvalue weighted by atomic mass is 10.0. The monoisotopic (exact) mass is 200 g/mol. The summed E-state index contributed by atoms with van der Waals surface area (Å²) < 4.78 is 0. The van der Waals surface area contributed by atoms with Crippen molar-refractivity contribution in [2.75, 3.05) is 0 Å². The first-order chi connectivity index (χ1) is 7.08. The summed E-state index contributed by atoms with van der Waals surface area (Å²) in [6.45, 7) is 3.45. The molecule has 0 atom stereocenters. The highest BCUT2D eigenvalue weighted by Gasteiger charge is 2.07. The van der Waals surface area contributed by atoms with Gasteiger partial charge in [0, 0.05) is 0 Å². The van der Waals surface area contributed by atoms with Crippen LogP contribution in [0.25, 0.3) is 10.8 Å². The number of carbonyl (C=O) groups is 1. The van der Waals surface area contributed by atoms with Crippen molar-refractivity contribution in [1.29, 1.82) is 0 Å². The number of phenols is 1. The maximum absolute atomic E-state index is 11.2. The Kier molecular flexibility index (Phi) is 2.19. The number of ketones is 1. The van der Waals surface area contributed by atoms with Gasteiger partial charge in [0.1, 0.15) is 5.75 Å². The highest BCUT2D eigenvalue weighted by Crippen LogP contribution is 2.26. The fraction of sp³-hybridized carbons (Fsp3) is 0.154. The van der Waals surface area contributed by atoms with Crippen LogP contribution in [0.2, 0.25) is 0 Å². The van der Waals surface area contributed by atoms with Crippen molar-refractivity contribution in [3.63, 3.8) is 0 Å². The lowest BCUT2D eigenvalue weighted by Crippen LogP contribution is -1.92. The molecule has 2 aromatic rings. The molecular formula is C13H12O2. The maximum Gasteiger partial charge on any atom is 0.163 e. The topological polar surface area (TPSA) is 37.3 Å². The Morgan fingerprint density at radius 2 is 1.87 bits per heavy atom. The maximum atomic E-state index is 11.2. The van der Waals surface area contributed by atoms with E-state index >= 15 is 0 Å². The summed E-state index contributed by atoms with van der Waals surface area (Å²) >= 11 is 0. The first-order valence-corrected chi connectivity index (χ1v) is 4.82. The number of fused-ring (bicyclic) bond motifs is 1. The number of Topliss-reactive ketones (excluding diaryl/α,β-unsaturated/α-hetero) is 1. The van der Waals surface area contributed by atoms with Crippen LogP contribution in [0.1, 0.15) is 22.8 Å². The normalized spacial score (nSPS) is 10.5. The largest absolute Gasteiger partial charge is 0.507 e. The van der Waals surface area contributed by atoms with E-state index in [9.17, 15) is 9.90 Å². The van der Waals surface area contributed by atoms with Crippen molar-refractivity contribution < 1.29 is 9.90 Å². The predicted molar refractivity (Wildman–Crippen MR) is 60.4 cm³/mol. The number of phenolic OH excluding ortho intramolecular Hbond substituents is 1. The number of aryl methyl sites for hydroxylation is 1. The smallest absolute Gasteiger partial charge is 0.163 e. The quantitative estimate of drug-likeness (QED) is 0.718. The number of rotatable bonds is 1. The minimum absolute atomic E-state index is 0.0561. The van der Waals surface area contributed by atoms with E-state index in [1.807, 2.05) is 25.1 Å². The first-order valence-electron chi connectivity index (χ1n) is 4.82. The summed E-state index contributed by atoms with van der Waals surface area (Å²) in [7, 11) is 0. The Bertz CT molecular complexity index is 541. The van der Waals surface area contributed by atoms with E-state index < -0.39 is 0 Å². The summed E-state index contributed by atoms with van der Waals surface area (Å²) in [6.07, 6.45) is 0. The van der Waals surface area contributed by atoms with Crippen molar-refractivity contribution in [3.8, 4) is 5.75 Å². The zero-order valence-electron chi connectivity index (χ0n) is 8.74. The molecule has 0 saturated heterocycles. The molecule has 2 aromatic carbocycles. The van der Waals surface area contributed by atoms with E-state index in [0.717, 1.165) is 16.3 Å². The van der Waals surface area contributed by atoms with Crippen molar-refractivity contribution in [3.05, 3.63) is 41.5 Å². The van der Waals surface area contributed by atoms with E-state index in [1.165, 1.54) is 6.92 Å². The van der Waals surface area contributed by atoms with Gasteiger partial charge in [0.2, 0.25) is 0 Å². The molecule has 0 heterocycles. The molecule has 0 aliphatic heterocycles. The van der Waals surface area contributed by atoms with E-state index in [0.29, 0.717) is 5.56 Å². The Morgan fingerprint density at radius 1 is 1.13 bits per heavy atom. The standard InChI is InChI=1S/C13H12O2/c1-8-3-4-10-6-12(9(2)14)13(15)7-11(10)5-8/h3-7,15H,1-2H3. The van der Waals surface area contributed by atoms with Crippen LogP contribution < -0.4 is 0 Å². The zero-order chi connectivity index (χ0) is 11.0. The second-order valence-electron chi connectivity index (χ2n) is 3.78. The highest BCUT2D eigenvalue weighted by molar-refractivity contribution is 6.01. The van der Waals surface area contributed by atoms with Crippen molar-refractivity contribution in [2.24, 2.45) is 0 Å². The molecule has 0 radical (unpaired) electrons. The number of carbonyl (C=O) groups excluding carboxylic acids is 1. The van der Waals surface area contributed by atoms with Gasteiger partial charge in [0.05, 0.1) is 5.56 Å². The molecule has 76 valence electrons. The van der Waals surface area contributed by atoms with Crippen molar-refractivity contribution in [2.45, 2.75) is 13.8 Å². The van der Waals surface area contributed by atoms with Gasteiger partial charge in [0.15, 0.2) is 5.78 Å². The molecule has 15 heavy (non-hydrogen) atoms. The minimum Gasteiger partial charge on any atom is -0.507 e. The van der Waals surface area contributed by atoms with Gasteiger partial charge in [-0.3, -0.25) is 4.79 Å². The molecule has 0 fully saturated rings. The number of benzene rings is 2. The lowest BCUT2D eigenvalue weighted by molar-refractivity contribution is 0.101. The molecule has 0 unspecified atom stereocenters. The second-order valence-corrected chi connectivity index (χ2v) is 3.78. The van der Waals surface area contributed by atoms with Crippen LogP contribution in [0, 0.1) is 6.92 Å². The van der Waals surface area contributed by atoms with Gasteiger partial charge < -0.3 is 5.11 Å². The molecular weight excluding hydrogens is 188 g/mol. The van der Waals surface area contributed by atoms with Crippen molar-refractivity contribution >= 4 is 16.6 Å². The lowest BCUT2D eigenvalue weighted by Gasteiger charge is -2.04. The van der Waals surface area contributed by atoms with Crippen LogP contribution >= 0.6 is 0 Å². The highest BCUT2D eigenvalue weighted by atomic mass is 16.3. The Balaban J connectivity index is 2.76. The van der Waals surface area contributed by atoms with Crippen LogP contribution in [-0.4, -0.2) is 10.9 Å². The van der Waals surface area contributed by atoms with Gasteiger partial charge in [-0.25, -0.2) is 0 Å². The summed E-state index contributed by atoms with van der Waals surface area (Å²) in [5.74, 6) is -0.0597. The fourth-order valence-electron chi connectivity index (χ4n) is 1.69. The average molecular weight is 200 g/mol. The number of hydrogen-bond donors (Lipinski definition) is 1. The van der Waals surface area contributed by atoms with Gasteiger partial charge in [-0.2, -0.15) is 0 Å². The van der Waals surface area contributed by atoms with E-state index in [1.54, 1.807) is 12.1 Å². The SMILES string of the molecule is CC(=O)c1cc2ccc(C)cc2cc1O. The van der Waals surface area contributed by atoms with Gasteiger partial charge in [-0.15, -0.1) is 0 Å². The third kappa shape index (κ3) is 1.71. The molecule has 0 aromatic heterocycles. The molecule has 0 saturated carbocycles. The Morgan fingerprint density at radius 3 is 2.53 bits per heavy atom. The predicted octanol–water partition coefficient (Wildman–Crippen LogP) is 3.06. The summed E-state index contributed by atoms with van der Waals surface area (Å²) in [5.41, 5.74) is 1.52. The van der Waals surface area contributed by atoms with Crippen LogP contribution in [-0.2, 0) is 0 Å². The molecule has 2 rings (SSSR count). The van der Waals surface area contributed by atoms with Gasteiger partial charge >= 0.3 is 0 Å². The molecule has 0 aliphatic carbocycles. The van der Waals surface area contributed by atoms with E-state index in [4.69, 9.17) is 0 Å². The second kappa shape index (κ2) is 3.39. The van der Waals surface area contributed by atoms with Gasteiger partial charge in [-0.1, -0.05) is 23.8 Å². The Hall–Kier alpha value is -1.83. The first kappa shape index (κ1) is 9.71. The fourth-order valence-corrected chi connectivity index (χ4v) is 1.69. The van der Waals surface area contributed by atoms with Crippen LogP contribution in [0.15, 0.2) is 30.3 Å².